The number of rotatable bonds is 4. The number of aldehydes is 1. The molecule has 1 aromatic carbocycles. The average Bonchev–Trinajstić information content (AvgIpc) is 2.16. The van der Waals surface area contributed by atoms with Gasteiger partial charge in [-0.25, -0.2) is 0 Å². The Kier molecular flexibility index (Phi) is 3.52. The van der Waals surface area contributed by atoms with Crippen LogP contribution in [0.1, 0.15) is 18.9 Å². The summed E-state index contributed by atoms with van der Waals surface area (Å²) in [4.78, 5) is 10.5. The van der Waals surface area contributed by atoms with Crippen LogP contribution < -0.4 is 0 Å². The highest BCUT2D eigenvalue weighted by molar-refractivity contribution is 5.54. The van der Waals surface area contributed by atoms with Gasteiger partial charge in [-0.15, -0.1) is 0 Å². The van der Waals surface area contributed by atoms with Crippen LogP contribution in [0.2, 0.25) is 0 Å². The molecule has 0 amide bonds. The molecule has 0 fully saturated rings. The minimum atomic E-state index is 0.187. The molecule has 1 aromatic rings. The molecule has 64 valence electrons. The minimum absolute atomic E-state index is 0.187. The number of benzene rings is 1. The highest BCUT2D eigenvalue weighted by Gasteiger charge is 2.04. The summed E-state index contributed by atoms with van der Waals surface area (Å²) in [6, 6.07) is 10.1. The predicted molar refractivity (Wildman–Crippen MR) is 50.0 cm³/mol. The SMILES string of the molecule is CC[C@@H](C=O)Cc1ccccc1. The number of hydrogen-bond acceptors (Lipinski definition) is 1. The highest BCUT2D eigenvalue weighted by atomic mass is 16.1. The smallest absolute Gasteiger partial charge is 0.123 e. The van der Waals surface area contributed by atoms with Gasteiger partial charge in [-0.05, 0) is 18.4 Å². The summed E-state index contributed by atoms with van der Waals surface area (Å²) < 4.78 is 0. The van der Waals surface area contributed by atoms with Gasteiger partial charge >= 0.3 is 0 Å². The van der Waals surface area contributed by atoms with Crippen molar-refractivity contribution in [3.05, 3.63) is 35.9 Å². The van der Waals surface area contributed by atoms with Crippen molar-refractivity contribution in [3.8, 4) is 0 Å². The summed E-state index contributed by atoms with van der Waals surface area (Å²) in [5.74, 6) is 0.187. The van der Waals surface area contributed by atoms with Gasteiger partial charge in [0.05, 0.1) is 0 Å². The molecule has 1 atom stereocenters. The van der Waals surface area contributed by atoms with Crippen LogP contribution in [0.25, 0.3) is 0 Å². The Morgan fingerprint density at radius 3 is 2.50 bits per heavy atom. The van der Waals surface area contributed by atoms with Crippen LogP contribution >= 0.6 is 0 Å². The molecule has 1 heteroatoms. The first-order valence-corrected chi connectivity index (χ1v) is 4.36. The molecule has 0 aromatic heterocycles. The summed E-state index contributed by atoms with van der Waals surface area (Å²) in [6.45, 7) is 2.04. The molecule has 0 spiro atoms. The van der Waals surface area contributed by atoms with Crippen LogP contribution in [-0.2, 0) is 11.2 Å². The van der Waals surface area contributed by atoms with Gasteiger partial charge in [-0.2, -0.15) is 0 Å². The normalized spacial score (nSPS) is 12.4. The summed E-state index contributed by atoms with van der Waals surface area (Å²) in [5.41, 5.74) is 1.25. The topological polar surface area (TPSA) is 17.1 Å². The van der Waals surface area contributed by atoms with E-state index in [1.165, 1.54) is 5.56 Å². The van der Waals surface area contributed by atoms with Crippen LogP contribution in [-0.4, -0.2) is 6.29 Å². The van der Waals surface area contributed by atoms with Gasteiger partial charge < -0.3 is 4.79 Å². The van der Waals surface area contributed by atoms with E-state index >= 15 is 0 Å². The minimum Gasteiger partial charge on any atom is -0.303 e. The predicted octanol–water partition coefficient (Wildman–Crippen LogP) is 2.45. The lowest BCUT2D eigenvalue weighted by Gasteiger charge is -2.05. The van der Waals surface area contributed by atoms with Gasteiger partial charge in [0, 0.05) is 5.92 Å². The lowest BCUT2D eigenvalue weighted by molar-refractivity contribution is -0.111. The first-order valence-electron chi connectivity index (χ1n) is 4.36. The van der Waals surface area contributed by atoms with Crippen molar-refractivity contribution in [1.29, 1.82) is 0 Å². The van der Waals surface area contributed by atoms with E-state index in [0.717, 1.165) is 19.1 Å². The molecule has 0 radical (unpaired) electrons. The Labute approximate surface area is 73.4 Å². The fourth-order valence-corrected chi connectivity index (χ4v) is 1.21. The maximum absolute atomic E-state index is 10.5. The second-order valence-corrected chi connectivity index (χ2v) is 2.99. The Morgan fingerprint density at radius 1 is 1.33 bits per heavy atom. The van der Waals surface area contributed by atoms with Gasteiger partial charge in [-0.1, -0.05) is 37.3 Å². The molecule has 12 heavy (non-hydrogen) atoms. The van der Waals surface area contributed by atoms with E-state index < -0.39 is 0 Å². The molecule has 0 bridgehead atoms. The Bertz CT molecular complexity index is 228. The first-order chi connectivity index (χ1) is 5.86. The maximum atomic E-state index is 10.5. The molecule has 0 N–H and O–H groups in total. The average molecular weight is 162 g/mol. The van der Waals surface area contributed by atoms with Crippen molar-refractivity contribution < 1.29 is 4.79 Å². The molecular formula is C11H14O. The second-order valence-electron chi connectivity index (χ2n) is 2.99. The largest absolute Gasteiger partial charge is 0.303 e. The Morgan fingerprint density at radius 2 is 2.00 bits per heavy atom. The van der Waals surface area contributed by atoms with Crippen molar-refractivity contribution in [2.75, 3.05) is 0 Å². The quantitative estimate of drug-likeness (QED) is 0.621. The maximum Gasteiger partial charge on any atom is 0.123 e. The molecular weight excluding hydrogens is 148 g/mol. The van der Waals surface area contributed by atoms with E-state index in [4.69, 9.17) is 0 Å². The molecule has 0 saturated carbocycles. The summed E-state index contributed by atoms with van der Waals surface area (Å²) in [6.07, 6.45) is 2.85. The van der Waals surface area contributed by atoms with E-state index in [2.05, 4.69) is 12.1 Å². The third-order valence-corrected chi connectivity index (χ3v) is 2.06. The van der Waals surface area contributed by atoms with Crippen molar-refractivity contribution >= 4 is 6.29 Å². The highest BCUT2D eigenvalue weighted by Crippen LogP contribution is 2.09. The van der Waals surface area contributed by atoms with Crippen LogP contribution in [0, 0.1) is 5.92 Å². The lowest BCUT2D eigenvalue weighted by Crippen LogP contribution is -2.03. The molecule has 1 nitrogen and oxygen atoms in total. The van der Waals surface area contributed by atoms with Gasteiger partial charge in [0.1, 0.15) is 6.29 Å². The summed E-state index contributed by atoms with van der Waals surface area (Å²) >= 11 is 0. The van der Waals surface area contributed by atoms with Crippen LogP contribution in [0.3, 0.4) is 0 Å². The third kappa shape index (κ3) is 2.50. The van der Waals surface area contributed by atoms with Gasteiger partial charge in [0.15, 0.2) is 0 Å². The zero-order valence-corrected chi connectivity index (χ0v) is 7.36. The fraction of sp³-hybridized carbons (Fsp3) is 0.364. The molecule has 1 rings (SSSR count). The molecule has 0 aliphatic heterocycles. The zero-order valence-electron chi connectivity index (χ0n) is 7.36. The van der Waals surface area contributed by atoms with Crippen molar-refractivity contribution in [2.24, 2.45) is 5.92 Å². The Hall–Kier alpha value is -1.11. The summed E-state index contributed by atoms with van der Waals surface area (Å²) in [7, 11) is 0. The third-order valence-electron chi connectivity index (χ3n) is 2.06. The van der Waals surface area contributed by atoms with E-state index in [-0.39, 0.29) is 5.92 Å². The van der Waals surface area contributed by atoms with Gasteiger partial charge in [0.2, 0.25) is 0 Å². The molecule has 0 saturated heterocycles. The van der Waals surface area contributed by atoms with Crippen molar-refractivity contribution in [3.63, 3.8) is 0 Å². The fourth-order valence-electron chi connectivity index (χ4n) is 1.21. The van der Waals surface area contributed by atoms with E-state index in [1.807, 2.05) is 25.1 Å². The van der Waals surface area contributed by atoms with E-state index in [9.17, 15) is 4.79 Å². The Balaban J connectivity index is 2.56. The van der Waals surface area contributed by atoms with Crippen LogP contribution in [0.15, 0.2) is 30.3 Å². The van der Waals surface area contributed by atoms with Gasteiger partial charge in [-0.3, -0.25) is 0 Å². The van der Waals surface area contributed by atoms with Crippen LogP contribution in [0.4, 0.5) is 0 Å². The van der Waals surface area contributed by atoms with Crippen molar-refractivity contribution in [1.82, 2.24) is 0 Å². The second kappa shape index (κ2) is 4.70. The lowest BCUT2D eigenvalue weighted by atomic mass is 9.99. The van der Waals surface area contributed by atoms with Crippen LogP contribution in [0.5, 0.6) is 0 Å². The first kappa shape index (κ1) is 8.98. The standard InChI is InChI=1S/C11H14O/c1-2-10(9-12)8-11-6-4-3-5-7-11/h3-7,9-10H,2,8H2,1H3/t10-/m1/s1. The van der Waals surface area contributed by atoms with Crippen molar-refractivity contribution in [2.45, 2.75) is 19.8 Å². The van der Waals surface area contributed by atoms with Gasteiger partial charge in [0.25, 0.3) is 0 Å². The van der Waals surface area contributed by atoms with E-state index in [1.54, 1.807) is 0 Å². The number of hydrogen-bond donors (Lipinski definition) is 0. The summed E-state index contributed by atoms with van der Waals surface area (Å²) in [5, 5.41) is 0. The molecule has 0 heterocycles. The molecule has 0 aliphatic carbocycles. The number of carbonyl (C=O) groups is 1. The molecule has 0 aliphatic rings. The number of carbonyl (C=O) groups excluding carboxylic acids is 1. The zero-order chi connectivity index (χ0) is 8.81. The monoisotopic (exact) mass is 162 g/mol. The molecule has 0 unspecified atom stereocenters. The van der Waals surface area contributed by atoms with E-state index in [0.29, 0.717) is 0 Å².